The van der Waals surface area contributed by atoms with Crippen molar-refractivity contribution in [2.75, 3.05) is 18.6 Å². The maximum atomic E-state index is 15.8. The maximum absolute atomic E-state index is 15.8. The third-order valence-corrected chi connectivity index (χ3v) is 7.39. The van der Waals surface area contributed by atoms with E-state index < -0.39 is 24.3 Å². The number of ether oxygens (including phenoxy) is 1. The Hall–Kier alpha value is -3.76. The lowest BCUT2D eigenvalue weighted by molar-refractivity contribution is -0.0233. The highest BCUT2D eigenvalue weighted by Crippen LogP contribution is 2.39. The largest absolute Gasteiger partial charge is 0.507 e. The molecule has 2 aliphatic rings. The van der Waals surface area contributed by atoms with E-state index in [0.717, 1.165) is 25.7 Å². The number of carbonyl (C=O) groups excluding carboxylic acids is 1. The van der Waals surface area contributed by atoms with Crippen LogP contribution < -0.4 is 4.90 Å². The molecular formula is C26H32FN7O3. The topological polar surface area (TPSA) is 110 Å². The number of aromatic hydroxyl groups is 1. The average Bonchev–Trinajstić information content (AvgIpc) is 3.45. The van der Waals surface area contributed by atoms with Gasteiger partial charge in [0.25, 0.3) is 0 Å². The van der Waals surface area contributed by atoms with Crippen LogP contribution in [0.1, 0.15) is 45.4 Å². The minimum atomic E-state index is -1.23. The lowest BCUT2D eigenvalue weighted by Gasteiger charge is -2.51. The van der Waals surface area contributed by atoms with E-state index in [1.165, 1.54) is 4.80 Å². The average molecular weight is 510 g/mol. The van der Waals surface area contributed by atoms with Crippen LogP contribution in [-0.2, 0) is 4.74 Å². The maximum Gasteiger partial charge on any atom is 0.410 e. The zero-order valence-corrected chi connectivity index (χ0v) is 21.1. The van der Waals surface area contributed by atoms with Crippen LogP contribution in [0.4, 0.5) is 15.0 Å². The first-order valence-electron chi connectivity index (χ1n) is 12.8. The van der Waals surface area contributed by atoms with Gasteiger partial charge in [0.15, 0.2) is 5.82 Å². The Labute approximate surface area is 215 Å². The van der Waals surface area contributed by atoms with E-state index in [0.29, 0.717) is 42.2 Å². The van der Waals surface area contributed by atoms with Crippen molar-refractivity contribution in [3.63, 3.8) is 0 Å². The number of anilines is 1. The molecule has 0 spiro atoms. The van der Waals surface area contributed by atoms with Gasteiger partial charge in [-0.3, -0.25) is 4.90 Å². The molecule has 2 bridgehead atoms. The minimum Gasteiger partial charge on any atom is -0.507 e. The number of fused-ring (bicyclic) bond motifs is 2. The Kier molecular flexibility index (Phi) is 7.20. The quantitative estimate of drug-likeness (QED) is 0.474. The van der Waals surface area contributed by atoms with Crippen LogP contribution in [0.25, 0.3) is 16.9 Å². The van der Waals surface area contributed by atoms with Crippen molar-refractivity contribution in [3.8, 4) is 22.7 Å². The van der Waals surface area contributed by atoms with Crippen LogP contribution in [0.15, 0.2) is 42.7 Å². The van der Waals surface area contributed by atoms with Crippen LogP contribution in [0.2, 0.25) is 0 Å². The number of phenols is 1. The number of alkyl halides is 1. The van der Waals surface area contributed by atoms with Crippen molar-refractivity contribution in [1.82, 2.24) is 30.1 Å². The van der Waals surface area contributed by atoms with E-state index in [2.05, 4.69) is 20.4 Å². The summed E-state index contributed by atoms with van der Waals surface area (Å²) >= 11 is 0. The summed E-state index contributed by atoms with van der Waals surface area (Å²) in [6.07, 6.45) is 6.10. The molecule has 0 saturated carbocycles. The molecule has 1 N–H and O–H groups in total. The van der Waals surface area contributed by atoms with Gasteiger partial charge in [0.05, 0.1) is 42.5 Å². The molecule has 3 aromatic rings. The lowest BCUT2D eigenvalue weighted by Crippen LogP contribution is -2.64. The Morgan fingerprint density at radius 3 is 2.70 bits per heavy atom. The van der Waals surface area contributed by atoms with Gasteiger partial charge in [-0.05, 0) is 56.4 Å². The SMILES string of the molecule is CCCCOC(=O)N1[C@H]2CCC[C@@H]1[C@@H](F)[C@@H](N(C)c1ccc(-c3ccc(-n4nccn4)cc3O)nn1)C2. The van der Waals surface area contributed by atoms with Crippen LogP contribution in [0, 0.1) is 0 Å². The van der Waals surface area contributed by atoms with Crippen molar-refractivity contribution in [3.05, 3.63) is 42.7 Å². The van der Waals surface area contributed by atoms with Crippen molar-refractivity contribution in [2.45, 2.75) is 69.7 Å². The monoisotopic (exact) mass is 509 g/mol. The summed E-state index contributed by atoms with van der Waals surface area (Å²) in [5.41, 5.74) is 1.63. The van der Waals surface area contributed by atoms with Gasteiger partial charge in [0.1, 0.15) is 11.9 Å². The second-order valence-corrected chi connectivity index (χ2v) is 9.68. The summed E-state index contributed by atoms with van der Waals surface area (Å²) in [5, 5.41) is 27.3. The third-order valence-electron chi connectivity index (χ3n) is 7.39. The predicted octanol–water partition coefficient (Wildman–Crippen LogP) is 4.14. The van der Waals surface area contributed by atoms with Gasteiger partial charge in [-0.2, -0.15) is 15.0 Å². The fraction of sp³-hybridized carbons (Fsp3) is 0.500. The van der Waals surface area contributed by atoms with Gasteiger partial charge in [-0.15, -0.1) is 10.2 Å². The molecule has 11 heteroatoms. The Bertz CT molecular complexity index is 1210. The number of carbonyl (C=O) groups is 1. The molecule has 4 atom stereocenters. The zero-order valence-electron chi connectivity index (χ0n) is 21.1. The molecular weight excluding hydrogens is 477 g/mol. The number of nitrogens with zero attached hydrogens (tertiary/aromatic N) is 7. The van der Waals surface area contributed by atoms with Crippen molar-refractivity contribution >= 4 is 11.9 Å². The van der Waals surface area contributed by atoms with E-state index in [4.69, 9.17) is 4.74 Å². The molecule has 0 unspecified atom stereocenters. The number of amides is 1. The number of rotatable bonds is 7. The van der Waals surface area contributed by atoms with Crippen LogP contribution in [-0.4, -0.2) is 79.2 Å². The molecule has 196 valence electrons. The summed E-state index contributed by atoms with van der Waals surface area (Å²) in [7, 11) is 1.81. The van der Waals surface area contributed by atoms with Gasteiger partial charge >= 0.3 is 6.09 Å². The summed E-state index contributed by atoms with van der Waals surface area (Å²) < 4.78 is 21.3. The van der Waals surface area contributed by atoms with Crippen LogP contribution in [0.3, 0.4) is 0 Å². The van der Waals surface area contributed by atoms with Gasteiger partial charge in [0.2, 0.25) is 0 Å². The highest BCUT2D eigenvalue weighted by atomic mass is 19.1. The standard InChI is InChI=1S/C26H32FN7O3/c1-3-4-14-37-26(36)33-17-6-5-7-21(33)25(27)22(15-17)32(2)24-11-10-20(30-31-24)19-9-8-18(16-23(19)35)34-28-12-13-29-34/h8-13,16-17,21-22,25,35H,3-7,14-15H2,1-2H3/t17-,21+,22-,25+/m0/s1. The molecule has 10 nitrogen and oxygen atoms in total. The molecule has 0 aliphatic carbocycles. The first-order chi connectivity index (χ1) is 18.0. The predicted molar refractivity (Wildman–Crippen MR) is 135 cm³/mol. The molecule has 2 saturated heterocycles. The molecule has 1 aromatic carbocycles. The summed E-state index contributed by atoms with van der Waals surface area (Å²) in [4.78, 5) is 17.6. The Balaban J connectivity index is 1.30. The number of hydrogen-bond donors (Lipinski definition) is 1. The van der Waals surface area contributed by atoms with Crippen LogP contribution in [0.5, 0.6) is 5.75 Å². The number of halogens is 1. The smallest absolute Gasteiger partial charge is 0.410 e. The van der Waals surface area contributed by atoms with Gasteiger partial charge in [-0.1, -0.05) is 13.3 Å². The van der Waals surface area contributed by atoms with E-state index in [-0.39, 0.29) is 11.8 Å². The first kappa shape index (κ1) is 24.9. The molecule has 2 aromatic heterocycles. The van der Waals surface area contributed by atoms with E-state index in [9.17, 15) is 9.90 Å². The number of benzene rings is 1. The van der Waals surface area contributed by atoms with Crippen molar-refractivity contribution < 1.29 is 19.0 Å². The third kappa shape index (κ3) is 4.94. The number of hydrogen-bond acceptors (Lipinski definition) is 8. The number of unbranched alkanes of at least 4 members (excludes halogenated alkanes) is 1. The summed E-state index contributed by atoms with van der Waals surface area (Å²) in [6.45, 7) is 2.40. The number of piperidine rings is 2. The Morgan fingerprint density at radius 2 is 2.00 bits per heavy atom. The molecule has 0 radical (unpaired) electrons. The van der Waals surface area contributed by atoms with Crippen molar-refractivity contribution in [1.29, 1.82) is 0 Å². The molecule has 5 rings (SSSR count). The van der Waals surface area contributed by atoms with Crippen molar-refractivity contribution in [2.24, 2.45) is 0 Å². The first-order valence-corrected chi connectivity index (χ1v) is 12.8. The normalized spacial score (nSPS) is 23.1. The highest BCUT2D eigenvalue weighted by Gasteiger charge is 2.49. The van der Waals surface area contributed by atoms with E-state index >= 15 is 4.39 Å². The number of aromatic nitrogens is 5. The Morgan fingerprint density at radius 1 is 1.19 bits per heavy atom. The number of phenolic OH excluding ortho intramolecular Hbond substituents is 1. The van der Waals surface area contributed by atoms with E-state index in [1.54, 1.807) is 47.6 Å². The molecule has 4 heterocycles. The fourth-order valence-corrected chi connectivity index (χ4v) is 5.39. The van der Waals surface area contributed by atoms with Gasteiger partial charge < -0.3 is 14.7 Å². The molecule has 2 fully saturated rings. The second-order valence-electron chi connectivity index (χ2n) is 9.68. The lowest BCUT2D eigenvalue weighted by atomic mass is 9.80. The van der Waals surface area contributed by atoms with E-state index in [1.807, 2.05) is 18.9 Å². The zero-order chi connectivity index (χ0) is 25.9. The molecule has 37 heavy (non-hydrogen) atoms. The highest BCUT2D eigenvalue weighted by molar-refractivity contribution is 5.70. The molecule has 1 amide bonds. The second kappa shape index (κ2) is 10.7. The molecule has 2 aliphatic heterocycles. The minimum absolute atomic E-state index is 0.0278. The summed E-state index contributed by atoms with van der Waals surface area (Å²) in [6, 6.07) is 7.63. The summed E-state index contributed by atoms with van der Waals surface area (Å²) in [5.74, 6) is 0.561. The van der Waals surface area contributed by atoms with Crippen LogP contribution >= 0.6 is 0 Å². The van der Waals surface area contributed by atoms with Gasteiger partial charge in [-0.25, -0.2) is 9.18 Å². The van der Waals surface area contributed by atoms with Gasteiger partial charge in [0, 0.05) is 24.7 Å². The fourth-order valence-electron chi connectivity index (χ4n) is 5.39.